The Morgan fingerprint density at radius 3 is 2.80 bits per heavy atom. The Labute approximate surface area is 100.0 Å². The summed E-state index contributed by atoms with van der Waals surface area (Å²) in [4.78, 5) is 13.4. The van der Waals surface area contributed by atoms with Crippen molar-refractivity contribution in [1.82, 2.24) is 10.2 Å². The van der Waals surface area contributed by atoms with Crippen LogP contribution in [0, 0.1) is 12.3 Å². The number of carbonyl (C=O) groups excluding carboxylic acids is 1. The molecule has 0 bridgehead atoms. The zero-order valence-electron chi connectivity index (χ0n) is 8.49. The molecule has 0 atom stereocenters. The maximum atomic E-state index is 11.2. The maximum absolute atomic E-state index is 11.2. The Morgan fingerprint density at radius 1 is 1.53 bits per heavy atom. The van der Waals surface area contributed by atoms with Crippen LogP contribution in [-0.4, -0.2) is 40.5 Å². The van der Waals surface area contributed by atoms with E-state index in [0.29, 0.717) is 5.75 Å². The minimum atomic E-state index is -0.0560. The van der Waals surface area contributed by atoms with Crippen LogP contribution in [0.5, 0.6) is 0 Å². The number of carbonyl (C=O) groups is 1. The number of nitrogens with one attached hydrogen (secondary N) is 1. The predicted molar refractivity (Wildman–Crippen MR) is 67.7 cm³/mol. The normalized spacial score (nSPS) is 14.7. The third-order valence-corrected chi connectivity index (χ3v) is 3.60. The molecule has 15 heavy (non-hydrogen) atoms. The number of likely N-dealkylation sites (tertiary alicyclic amines) is 1. The molecule has 0 saturated carbocycles. The van der Waals surface area contributed by atoms with E-state index in [2.05, 4.69) is 16.1 Å². The maximum Gasteiger partial charge on any atom is 0.231 e. The number of nitrogens with zero attached hydrogens (tertiary/aromatic N) is 1. The molecule has 0 aromatic heterocycles. The van der Waals surface area contributed by atoms with Crippen LogP contribution >= 0.6 is 24.0 Å². The largest absolute Gasteiger partial charge is 0.358 e. The molecule has 1 N–H and O–H groups in total. The summed E-state index contributed by atoms with van der Waals surface area (Å²) in [5.74, 6) is 2.66. The van der Waals surface area contributed by atoms with Crippen LogP contribution in [0.3, 0.4) is 0 Å². The van der Waals surface area contributed by atoms with Gasteiger partial charge in [0.05, 0.1) is 12.3 Å². The SMILES string of the molecule is C#CCNC(=O)CSC(=S)N1CCCC1. The van der Waals surface area contributed by atoms with E-state index in [9.17, 15) is 4.79 Å². The molecule has 1 saturated heterocycles. The molecule has 0 aromatic rings. The summed E-state index contributed by atoms with van der Waals surface area (Å²) in [5.41, 5.74) is 0. The number of terminal acetylenes is 1. The molecule has 0 aromatic carbocycles. The average Bonchev–Trinajstić information content (AvgIpc) is 2.76. The van der Waals surface area contributed by atoms with Gasteiger partial charge in [0.15, 0.2) is 0 Å². The lowest BCUT2D eigenvalue weighted by Gasteiger charge is -2.17. The van der Waals surface area contributed by atoms with Crippen LogP contribution in [0.25, 0.3) is 0 Å². The van der Waals surface area contributed by atoms with Crippen molar-refractivity contribution in [1.29, 1.82) is 0 Å². The van der Waals surface area contributed by atoms with Gasteiger partial charge in [-0.2, -0.15) is 0 Å². The Bertz CT molecular complexity index is 280. The third-order valence-electron chi connectivity index (χ3n) is 2.08. The van der Waals surface area contributed by atoms with Crippen LogP contribution in [0.15, 0.2) is 0 Å². The molecular weight excluding hydrogens is 228 g/mol. The van der Waals surface area contributed by atoms with Crippen molar-refractivity contribution in [3.8, 4) is 12.3 Å². The summed E-state index contributed by atoms with van der Waals surface area (Å²) >= 11 is 6.62. The first-order valence-electron chi connectivity index (χ1n) is 4.86. The smallest absolute Gasteiger partial charge is 0.231 e. The van der Waals surface area contributed by atoms with Gasteiger partial charge in [0, 0.05) is 13.1 Å². The van der Waals surface area contributed by atoms with Gasteiger partial charge in [-0.05, 0) is 12.8 Å². The molecule has 1 fully saturated rings. The standard InChI is InChI=1S/C10H14N2OS2/c1-2-5-11-9(13)8-15-10(14)12-6-3-4-7-12/h1H,3-8H2,(H,11,13). The highest BCUT2D eigenvalue weighted by molar-refractivity contribution is 8.23. The van der Waals surface area contributed by atoms with Gasteiger partial charge in [0.1, 0.15) is 4.32 Å². The highest BCUT2D eigenvalue weighted by Crippen LogP contribution is 2.15. The molecule has 1 amide bonds. The Kier molecular flexibility index (Phi) is 5.51. The molecule has 0 radical (unpaired) electrons. The van der Waals surface area contributed by atoms with Crippen LogP contribution in [0.2, 0.25) is 0 Å². The van der Waals surface area contributed by atoms with Gasteiger partial charge in [-0.25, -0.2) is 0 Å². The predicted octanol–water partition coefficient (Wildman–Crippen LogP) is 0.850. The molecule has 0 unspecified atom stereocenters. The summed E-state index contributed by atoms with van der Waals surface area (Å²) in [7, 11) is 0. The molecule has 5 heteroatoms. The van der Waals surface area contributed by atoms with Crippen molar-refractivity contribution in [2.45, 2.75) is 12.8 Å². The molecule has 82 valence electrons. The Hall–Kier alpha value is -0.730. The number of rotatable bonds is 3. The minimum Gasteiger partial charge on any atom is -0.358 e. The number of amides is 1. The fourth-order valence-corrected chi connectivity index (χ4v) is 2.40. The molecule has 0 aliphatic carbocycles. The van der Waals surface area contributed by atoms with E-state index < -0.39 is 0 Å². The van der Waals surface area contributed by atoms with Crippen LogP contribution in [0.1, 0.15) is 12.8 Å². The van der Waals surface area contributed by atoms with Crippen molar-refractivity contribution < 1.29 is 4.79 Å². The topological polar surface area (TPSA) is 32.3 Å². The average molecular weight is 242 g/mol. The van der Waals surface area contributed by atoms with Crippen molar-refractivity contribution in [3.63, 3.8) is 0 Å². The van der Waals surface area contributed by atoms with E-state index in [-0.39, 0.29) is 12.5 Å². The fraction of sp³-hybridized carbons (Fsp3) is 0.600. The van der Waals surface area contributed by atoms with E-state index in [1.54, 1.807) is 0 Å². The summed E-state index contributed by atoms with van der Waals surface area (Å²) in [5, 5.41) is 2.60. The van der Waals surface area contributed by atoms with E-state index in [1.807, 2.05) is 0 Å². The van der Waals surface area contributed by atoms with Crippen molar-refractivity contribution in [2.24, 2.45) is 0 Å². The lowest BCUT2D eigenvalue weighted by Crippen LogP contribution is -2.28. The van der Waals surface area contributed by atoms with Crippen molar-refractivity contribution in [3.05, 3.63) is 0 Å². The monoisotopic (exact) mass is 242 g/mol. The number of thiocarbonyl (C=S) groups is 1. The highest BCUT2D eigenvalue weighted by Gasteiger charge is 2.15. The van der Waals surface area contributed by atoms with Gasteiger partial charge in [-0.3, -0.25) is 4.79 Å². The zero-order valence-corrected chi connectivity index (χ0v) is 10.1. The van der Waals surface area contributed by atoms with E-state index in [0.717, 1.165) is 17.4 Å². The second-order valence-corrected chi connectivity index (χ2v) is 4.84. The number of hydrogen-bond donors (Lipinski definition) is 1. The summed E-state index contributed by atoms with van der Waals surface area (Å²) < 4.78 is 0.823. The first-order valence-corrected chi connectivity index (χ1v) is 6.25. The summed E-state index contributed by atoms with van der Waals surface area (Å²) in [6.07, 6.45) is 7.42. The van der Waals surface area contributed by atoms with Crippen LogP contribution < -0.4 is 5.32 Å². The first-order chi connectivity index (χ1) is 7.24. The van der Waals surface area contributed by atoms with Gasteiger partial charge in [0.25, 0.3) is 0 Å². The molecule has 1 heterocycles. The lowest BCUT2D eigenvalue weighted by molar-refractivity contribution is -0.118. The minimum absolute atomic E-state index is 0.0560. The first kappa shape index (κ1) is 12.3. The van der Waals surface area contributed by atoms with Gasteiger partial charge >= 0.3 is 0 Å². The Balaban J connectivity index is 2.16. The van der Waals surface area contributed by atoms with Gasteiger partial charge in [-0.15, -0.1) is 6.42 Å². The highest BCUT2D eigenvalue weighted by atomic mass is 32.2. The molecule has 1 aliphatic rings. The third kappa shape index (κ3) is 4.54. The quantitative estimate of drug-likeness (QED) is 0.587. The van der Waals surface area contributed by atoms with Crippen LogP contribution in [-0.2, 0) is 4.79 Å². The summed E-state index contributed by atoms with van der Waals surface area (Å²) in [6.45, 7) is 2.34. The summed E-state index contributed by atoms with van der Waals surface area (Å²) in [6, 6.07) is 0. The number of hydrogen-bond acceptors (Lipinski definition) is 3. The van der Waals surface area contributed by atoms with Crippen molar-refractivity contribution >= 4 is 34.2 Å². The second-order valence-electron chi connectivity index (χ2n) is 3.23. The molecule has 1 rings (SSSR count). The second kappa shape index (κ2) is 6.70. The fourth-order valence-electron chi connectivity index (χ4n) is 1.32. The molecule has 3 nitrogen and oxygen atoms in total. The van der Waals surface area contributed by atoms with Crippen LogP contribution in [0.4, 0.5) is 0 Å². The van der Waals surface area contributed by atoms with E-state index in [4.69, 9.17) is 18.6 Å². The molecule has 0 spiro atoms. The Morgan fingerprint density at radius 2 is 2.20 bits per heavy atom. The van der Waals surface area contributed by atoms with Gasteiger partial charge in [-0.1, -0.05) is 29.9 Å². The van der Waals surface area contributed by atoms with E-state index >= 15 is 0 Å². The van der Waals surface area contributed by atoms with Gasteiger partial charge in [0.2, 0.25) is 5.91 Å². The molecular formula is C10H14N2OS2. The lowest BCUT2D eigenvalue weighted by atomic mass is 10.4. The van der Waals surface area contributed by atoms with Gasteiger partial charge < -0.3 is 10.2 Å². The van der Waals surface area contributed by atoms with Crippen molar-refractivity contribution in [2.75, 3.05) is 25.4 Å². The number of thioether (sulfide) groups is 1. The van der Waals surface area contributed by atoms with E-state index in [1.165, 1.54) is 24.6 Å². The zero-order chi connectivity index (χ0) is 11.1. The molecule has 1 aliphatic heterocycles.